The molecule has 0 saturated heterocycles. The van der Waals surface area contributed by atoms with Crippen LogP contribution in [-0.4, -0.2) is 19.4 Å². The molecule has 0 N–H and O–H groups in total. The summed E-state index contributed by atoms with van der Waals surface area (Å²) in [5.74, 6) is 0.781. The van der Waals surface area contributed by atoms with Crippen molar-refractivity contribution in [2.45, 2.75) is 0 Å². The van der Waals surface area contributed by atoms with Gasteiger partial charge in [-0.3, -0.25) is 4.79 Å². The molecule has 1 aliphatic rings. The highest BCUT2D eigenvalue weighted by molar-refractivity contribution is 5.98. The number of benzene rings is 2. The van der Waals surface area contributed by atoms with E-state index in [1.165, 1.54) is 7.11 Å². The summed E-state index contributed by atoms with van der Waals surface area (Å²) in [6.45, 7) is 0. The van der Waals surface area contributed by atoms with Crippen LogP contribution in [-0.2, 0) is 0 Å². The van der Waals surface area contributed by atoms with Crippen LogP contribution in [0.25, 0.3) is 0 Å². The van der Waals surface area contributed by atoms with Gasteiger partial charge in [-0.2, -0.15) is 0 Å². The molecule has 5 nitrogen and oxygen atoms in total. The Balaban J connectivity index is 2.17. The molecular weight excluding hydrogens is 260 g/mol. The standard InChI is InChI=1S/C15H10O5/c1-18-10-5-6-12-13(7-10)20-15(17)11-4-2-3-9(8-16)14(11)19-12/h2-8H,1H3. The number of carbonyl (C=O) groups excluding carboxylic acids is 2. The Morgan fingerprint density at radius 1 is 1.10 bits per heavy atom. The predicted molar refractivity (Wildman–Crippen MR) is 69.9 cm³/mol. The molecule has 2 aromatic rings. The molecule has 0 saturated carbocycles. The molecule has 0 spiro atoms. The molecule has 3 rings (SSSR count). The Labute approximate surface area is 114 Å². The van der Waals surface area contributed by atoms with E-state index in [0.717, 1.165) is 0 Å². The van der Waals surface area contributed by atoms with Gasteiger partial charge in [0.1, 0.15) is 11.3 Å². The van der Waals surface area contributed by atoms with Gasteiger partial charge in [0.25, 0.3) is 0 Å². The Hall–Kier alpha value is -2.82. The maximum absolute atomic E-state index is 12.1. The van der Waals surface area contributed by atoms with Crippen molar-refractivity contribution in [2.24, 2.45) is 0 Å². The van der Waals surface area contributed by atoms with E-state index in [9.17, 15) is 9.59 Å². The summed E-state index contributed by atoms with van der Waals surface area (Å²) in [4.78, 5) is 23.1. The highest BCUT2D eigenvalue weighted by Gasteiger charge is 2.25. The number of fused-ring (bicyclic) bond motifs is 2. The second-order valence-corrected chi connectivity index (χ2v) is 4.15. The first kappa shape index (κ1) is 12.2. The normalized spacial score (nSPS) is 12.3. The van der Waals surface area contributed by atoms with Gasteiger partial charge in [-0.05, 0) is 24.3 Å². The first-order chi connectivity index (χ1) is 9.72. The number of methoxy groups -OCH3 is 1. The molecule has 1 heterocycles. The Bertz CT molecular complexity index is 705. The van der Waals surface area contributed by atoms with E-state index < -0.39 is 5.97 Å². The van der Waals surface area contributed by atoms with Gasteiger partial charge in [0, 0.05) is 6.07 Å². The Kier molecular flexibility index (Phi) is 2.87. The number of rotatable bonds is 2. The number of aldehydes is 1. The van der Waals surface area contributed by atoms with Crippen LogP contribution >= 0.6 is 0 Å². The van der Waals surface area contributed by atoms with Crippen LogP contribution in [0, 0.1) is 0 Å². The number of carbonyl (C=O) groups is 2. The first-order valence-electron chi connectivity index (χ1n) is 5.89. The molecule has 0 aromatic heterocycles. The molecule has 5 heteroatoms. The maximum Gasteiger partial charge on any atom is 0.347 e. The molecule has 2 aromatic carbocycles. The lowest BCUT2D eigenvalue weighted by Gasteiger charge is -2.09. The van der Waals surface area contributed by atoms with E-state index >= 15 is 0 Å². The van der Waals surface area contributed by atoms with E-state index in [1.807, 2.05) is 0 Å². The van der Waals surface area contributed by atoms with Crippen molar-refractivity contribution in [3.63, 3.8) is 0 Å². The number of hydrogen-bond donors (Lipinski definition) is 0. The van der Waals surface area contributed by atoms with Gasteiger partial charge in [-0.1, -0.05) is 6.07 Å². The molecule has 0 unspecified atom stereocenters. The van der Waals surface area contributed by atoms with Crippen molar-refractivity contribution < 1.29 is 23.8 Å². The van der Waals surface area contributed by atoms with E-state index in [4.69, 9.17) is 14.2 Å². The predicted octanol–water partition coefficient (Wildman–Crippen LogP) is 2.83. The van der Waals surface area contributed by atoms with Gasteiger partial charge in [-0.25, -0.2) is 4.79 Å². The molecule has 0 bridgehead atoms. The van der Waals surface area contributed by atoms with Crippen molar-refractivity contribution in [1.29, 1.82) is 0 Å². The highest BCUT2D eigenvalue weighted by atomic mass is 16.6. The van der Waals surface area contributed by atoms with Crippen LogP contribution in [0.5, 0.6) is 23.0 Å². The van der Waals surface area contributed by atoms with Crippen LogP contribution < -0.4 is 14.2 Å². The van der Waals surface area contributed by atoms with Crippen molar-refractivity contribution >= 4 is 12.3 Å². The van der Waals surface area contributed by atoms with Crippen LogP contribution in [0.4, 0.5) is 0 Å². The van der Waals surface area contributed by atoms with E-state index in [-0.39, 0.29) is 17.1 Å². The monoisotopic (exact) mass is 270 g/mol. The second kappa shape index (κ2) is 4.70. The minimum Gasteiger partial charge on any atom is -0.497 e. The quantitative estimate of drug-likeness (QED) is 0.477. The maximum atomic E-state index is 12.1. The summed E-state index contributed by atoms with van der Waals surface area (Å²) in [6, 6.07) is 9.59. The van der Waals surface area contributed by atoms with Gasteiger partial charge < -0.3 is 14.2 Å². The number of hydrogen-bond acceptors (Lipinski definition) is 5. The van der Waals surface area contributed by atoms with Crippen LogP contribution in [0.2, 0.25) is 0 Å². The van der Waals surface area contributed by atoms with Gasteiger partial charge in [0.05, 0.1) is 12.7 Å². The Morgan fingerprint density at radius 3 is 2.70 bits per heavy atom. The SMILES string of the molecule is COc1ccc2c(c1)OC(=O)c1cccc(C=O)c1O2. The molecule has 0 radical (unpaired) electrons. The van der Waals surface area contributed by atoms with E-state index in [2.05, 4.69) is 0 Å². The van der Waals surface area contributed by atoms with Crippen LogP contribution in [0.3, 0.4) is 0 Å². The van der Waals surface area contributed by atoms with Crippen LogP contribution in [0.15, 0.2) is 36.4 Å². The Morgan fingerprint density at radius 2 is 1.95 bits per heavy atom. The fourth-order valence-electron chi connectivity index (χ4n) is 1.97. The third-order valence-corrected chi connectivity index (χ3v) is 2.96. The first-order valence-corrected chi connectivity index (χ1v) is 5.89. The van der Waals surface area contributed by atoms with E-state index in [0.29, 0.717) is 23.3 Å². The fraction of sp³-hybridized carbons (Fsp3) is 0.0667. The summed E-state index contributed by atoms with van der Waals surface area (Å²) < 4.78 is 16.0. The fourth-order valence-corrected chi connectivity index (χ4v) is 1.97. The van der Waals surface area contributed by atoms with Crippen LogP contribution in [0.1, 0.15) is 20.7 Å². The molecule has 0 aliphatic carbocycles. The largest absolute Gasteiger partial charge is 0.497 e. The molecule has 100 valence electrons. The van der Waals surface area contributed by atoms with Crippen molar-refractivity contribution in [3.05, 3.63) is 47.5 Å². The van der Waals surface area contributed by atoms with Gasteiger partial charge >= 0.3 is 5.97 Å². The van der Waals surface area contributed by atoms with Crippen molar-refractivity contribution in [3.8, 4) is 23.0 Å². The highest BCUT2D eigenvalue weighted by Crippen LogP contribution is 2.40. The van der Waals surface area contributed by atoms with E-state index in [1.54, 1.807) is 36.4 Å². The topological polar surface area (TPSA) is 61.8 Å². The molecule has 1 aliphatic heterocycles. The zero-order valence-electron chi connectivity index (χ0n) is 10.6. The lowest BCUT2D eigenvalue weighted by Crippen LogP contribution is -2.07. The average molecular weight is 270 g/mol. The minimum absolute atomic E-state index is 0.205. The average Bonchev–Trinajstić information content (AvgIpc) is 2.62. The third-order valence-electron chi connectivity index (χ3n) is 2.96. The van der Waals surface area contributed by atoms with Gasteiger partial charge in [0.15, 0.2) is 23.5 Å². The molecule has 20 heavy (non-hydrogen) atoms. The lowest BCUT2D eigenvalue weighted by molar-refractivity contribution is 0.0737. The smallest absolute Gasteiger partial charge is 0.347 e. The summed E-state index contributed by atoms with van der Waals surface area (Å²) in [7, 11) is 1.51. The van der Waals surface area contributed by atoms with Gasteiger partial charge in [-0.15, -0.1) is 0 Å². The lowest BCUT2D eigenvalue weighted by atomic mass is 10.1. The molecular formula is C15H10O5. The third kappa shape index (κ3) is 1.89. The van der Waals surface area contributed by atoms with Crippen molar-refractivity contribution in [1.82, 2.24) is 0 Å². The summed E-state index contributed by atoms with van der Waals surface area (Å²) in [6.07, 6.45) is 0.640. The number of para-hydroxylation sites is 1. The number of ether oxygens (including phenoxy) is 3. The molecule has 0 fully saturated rings. The van der Waals surface area contributed by atoms with Gasteiger partial charge in [0.2, 0.25) is 0 Å². The second-order valence-electron chi connectivity index (χ2n) is 4.15. The zero-order chi connectivity index (χ0) is 14.1. The number of esters is 1. The molecule has 0 amide bonds. The zero-order valence-corrected chi connectivity index (χ0v) is 10.6. The molecule has 0 atom stereocenters. The summed E-state index contributed by atoms with van der Waals surface area (Å²) in [5, 5.41) is 0. The summed E-state index contributed by atoms with van der Waals surface area (Å²) >= 11 is 0. The van der Waals surface area contributed by atoms with Crippen molar-refractivity contribution in [2.75, 3.05) is 7.11 Å². The minimum atomic E-state index is -0.573. The summed E-state index contributed by atoms with van der Waals surface area (Å²) in [5.41, 5.74) is 0.507.